The highest BCUT2D eigenvalue weighted by Crippen LogP contribution is 2.54. The smallest absolute Gasteiger partial charge is 0.252 e. The second kappa shape index (κ2) is 26.2. The van der Waals surface area contributed by atoms with Gasteiger partial charge in [0.05, 0.1) is 83.5 Å². The lowest BCUT2D eigenvalue weighted by Gasteiger charge is -2.44. The number of nitrogens with zero attached hydrogens (tertiary/aromatic N) is 5. The fourth-order valence-corrected chi connectivity index (χ4v) is 19.1. The summed E-state index contributed by atoms with van der Waals surface area (Å²) in [6.07, 6.45) is 0. The monoisotopic (exact) mass is 1600 g/mol. The van der Waals surface area contributed by atoms with Gasteiger partial charge in [-0.2, -0.15) is 0 Å². The molecule has 0 saturated heterocycles. The Morgan fingerprint density at radius 1 is 0.238 bits per heavy atom. The van der Waals surface area contributed by atoms with Crippen LogP contribution in [0.25, 0.3) is 149 Å². The molecule has 20 aromatic rings. The van der Waals surface area contributed by atoms with Crippen LogP contribution in [0.5, 0.6) is 0 Å². The maximum atomic E-state index is 10.3. The lowest BCUT2D eigenvalue weighted by atomic mass is 9.33. The van der Waals surface area contributed by atoms with Gasteiger partial charge in [-0.15, -0.1) is 0 Å². The first-order chi connectivity index (χ1) is 64.9. The van der Waals surface area contributed by atoms with Crippen molar-refractivity contribution in [3.05, 3.63) is 324 Å². The molecular weight excluding hydrogens is 1480 g/mol. The number of hydrogen-bond acceptors (Lipinski definition) is 4. The molecule has 0 fully saturated rings. The van der Waals surface area contributed by atoms with Crippen molar-refractivity contribution in [3.8, 4) is 39.3 Å². The van der Waals surface area contributed by atoms with Crippen LogP contribution in [-0.4, -0.2) is 20.4 Å². The van der Waals surface area contributed by atoms with Gasteiger partial charge in [-0.25, -0.2) is 0 Å². The lowest BCUT2D eigenvalue weighted by molar-refractivity contribution is 0.568. The minimum atomic E-state index is -0.694. The van der Waals surface area contributed by atoms with Crippen LogP contribution in [0.1, 0.15) is 180 Å². The second-order valence-electron chi connectivity index (χ2n) is 39.8. The quantitative estimate of drug-likeness (QED) is 0.149. The molecule has 0 amide bonds. The summed E-state index contributed by atoms with van der Waals surface area (Å²) in [6, 6.07) is 59.9. The standard InChI is InChI=1S/C114H102BN5O2/c1-109(2,3)71-49-53-94-86(63-71)87-64-72(110(4,5)6)50-54-95(87)118(94)97-44-28-36-83-85-38-30-46-99(108(85)122-106(83)97)120-101-60-68(70-57-75(113(13,14)15)62-76(58-70)114(16,17)18)48-52-89(101)115-88-51-47-67(69-55-73(111(7,8)9)61-74(56-69)112(10,11)12)59-100(88)119(102-65-77(66-103(120)104(102)115)116-90-39-23-19-31-78(90)79-32-20-24-40-91(79)116)98-45-29-37-84-82-35-27-43-96(105(82)121-107(84)98)117-92-41-25-21-33-80(92)81-34-22-26-42-93(81)117/h19-66H,1-18H3/i19D,20D,21D,22D,23D,24D,25D,26D,31D,32D,33D,34D,39D,40D,41D,42D. The zero-order chi connectivity index (χ0) is 98.0. The molecule has 0 spiro atoms. The minimum Gasteiger partial charge on any atom is -0.452 e. The average molecular weight is 1600 g/mol. The first kappa shape index (κ1) is 59.6. The molecule has 22 rings (SSSR count). The van der Waals surface area contributed by atoms with Gasteiger partial charge >= 0.3 is 0 Å². The number of anilines is 6. The molecule has 5 aromatic heterocycles. The molecule has 0 atom stereocenters. The van der Waals surface area contributed by atoms with Crippen molar-refractivity contribution < 1.29 is 30.8 Å². The molecule has 598 valence electrons. The molecule has 0 unspecified atom stereocenters. The summed E-state index contributed by atoms with van der Waals surface area (Å²) in [6.45, 7) is 39.5. The van der Waals surface area contributed by atoms with E-state index < -0.39 is 103 Å². The van der Waals surface area contributed by atoms with Crippen molar-refractivity contribution in [1.29, 1.82) is 0 Å². The largest absolute Gasteiger partial charge is 0.452 e. The van der Waals surface area contributed by atoms with Crippen LogP contribution in [0.2, 0.25) is 0 Å². The maximum absolute atomic E-state index is 10.3. The van der Waals surface area contributed by atoms with Gasteiger partial charge in [0.2, 0.25) is 0 Å². The van der Waals surface area contributed by atoms with E-state index in [9.17, 15) is 19.2 Å². The van der Waals surface area contributed by atoms with Crippen LogP contribution in [0, 0.1) is 0 Å². The highest BCUT2D eigenvalue weighted by atomic mass is 16.3. The summed E-state index contributed by atoms with van der Waals surface area (Å²) in [5.41, 5.74) is 19.6. The molecule has 0 bridgehead atoms. The maximum Gasteiger partial charge on any atom is 0.252 e. The lowest BCUT2D eigenvalue weighted by Crippen LogP contribution is -2.61. The number of fused-ring (bicyclic) bond motifs is 19. The van der Waals surface area contributed by atoms with Gasteiger partial charge < -0.3 is 32.3 Å². The molecule has 8 heteroatoms. The molecule has 0 N–H and O–H groups in total. The molecule has 2 aliphatic heterocycles. The number of hydrogen-bond donors (Lipinski definition) is 0. The SMILES string of the molecule is [2H]c1c([2H])c([2H])c2c(c1[2H])c1c([2H])c([2H])c([2H])c([2H])c1n2-c1cc2c3c(c1)N(c1cccc4c1oc1c(-n5c6c([2H])c([2H])c([2H])c([2H])c6c6c([2H])c([2H])c([2H])c([2H])c65)cccc14)c1cc(-c4cc(C(C)(C)C)cc(C(C)(C)C)c4)ccc1B3c1ccc(-c3cc(C(C)(C)C)cc(C(C)(C)C)c3)cc1N2c1cccc2c1oc1c(-n3c4ccc(C(C)(C)C)cc4c4cc(C(C)(C)C)ccc43)cccc12. The number of rotatable bonds is 7. The molecule has 122 heavy (non-hydrogen) atoms. The van der Waals surface area contributed by atoms with Crippen molar-refractivity contribution >= 4 is 167 Å². The first-order valence-electron chi connectivity index (χ1n) is 50.3. The Kier molecular flexibility index (Phi) is 12.8. The normalized spacial score (nSPS) is 15.4. The zero-order valence-electron chi connectivity index (χ0n) is 88.1. The van der Waals surface area contributed by atoms with Crippen LogP contribution < -0.4 is 26.2 Å². The Morgan fingerprint density at radius 2 is 0.549 bits per heavy atom. The molecule has 7 heterocycles. The van der Waals surface area contributed by atoms with Crippen molar-refractivity contribution in [3.63, 3.8) is 0 Å². The second-order valence-corrected chi connectivity index (χ2v) is 39.8. The van der Waals surface area contributed by atoms with E-state index in [-0.39, 0.29) is 93.1 Å². The molecule has 2 aliphatic rings. The summed E-state index contributed by atoms with van der Waals surface area (Å²) in [4.78, 5) is 4.43. The predicted molar refractivity (Wildman–Crippen MR) is 521 cm³/mol. The fourth-order valence-electron chi connectivity index (χ4n) is 19.1. The molecule has 0 aliphatic carbocycles. The summed E-state index contributed by atoms with van der Waals surface area (Å²) < 4.78 is 175. The third kappa shape index (κ3) is 11.5. The van der Waals surface area contributed by atoms with Gasteiger partial charge in [-0.05, 0) is 201 Å². The third-order valence-corrected chi connectivity index (χ3v) is 25.8. The van der Waals surface area contributed by atoms with Gasteiger partial charge in [-0.1, -0.05) is 318 Å². The van der Waals surface area contributed by atoms with E-state index in [1.54, 1.807) is 16.7 Å². The molecule has 0 radical (unpaired) electrons. The number of para-hydroxylation sites is 8. The Morgan fingerprint density at radius 3 is 0.893 bits per heavy atom. The van der Waals surface area contributed by atoms with Gasteiger partial charge in [0.1, 0.15) is 0 Å². The highest BCUT2D eigenvalue weighted by molar-refractivity contribution is 7.00. The van der Waals surface area contributed by atoms with E-state index in [1.807, 2.05) is 36.4 Å². The summed E-state index contributed by atoms with van der Waals surface area (Å²) >= 11 is 0. The van der Waals surface area contributed by atoms with Gasteiger partial charge in [0.25, 0.3) is 6.71 Å². The van der Waals surface area contributed by atoms with Gasteiger partial charge in [-0.3, -0.25) is 0 Å². The first-order valence-corrected chi connectivity index (χ1v) is 42.3. The van der Waals surface area contributed by atoms with E-state index in [0.29, 0.717) is 56.0 Å². The number of benzene rings is 15. The van der Waals surface area contributed by atoms with E-state index >= 15 is 0 Å². The topological polar surface area (TPSA) is 47.6 Å². The van der Waals surface area contributed by atoms with Crippen LogP contribution in [0.3, 0.4) is 0 Å². The van der Waals surface area contributed by atoms with Crippen LogP contribution in [0.15, 0.2) is 300 Å². The predicted octanol–water partition coefficient (Wildman–Crippen LogP) is 30.0. The Bertz CT molecular complexity index is 8570. The van der Waals surface area contributed by atoms with Crippen LogP contribution in [-0.2, 0) is 32.5 Å². The van der Waals surface area contributed by atoms with Crippen molar-refractivity contribution in [1.82, 2.24) is 13.7 Å². The number of furan rings is 2. The van der Waals surface area contributed by atoms with Crippen LogP contribution >= 0.6 is 0 Å². The minimum absolute atomic E-state index is 0.0931. The highest BCUT2D eigenvalue weighted by Gasteiger charge is 2.46. The average Bonchev–Trinajstić information content (AvgIpc) is 1.29. The van der Waals surface area contributed by atoms with Crippen molar-refractivity contribution in [2.45, 2.75) is 157 Å². The fraction of sp³-hybridized carbons (Fsp3) is 0.211. The van der Waals surface area contributed by atoms with Gasteiger partial charge in [0.15, 0.2) is 22.3 Å². The molecule has 0 saturated carbocycles. The van der Waals surface area contributed by atoms with E-state index in [0.717, 1.165) is 105 Å². The summed E-state index contributed by atoms with van der Waals surface area (Å²) in [5, 5.41) is 4.52. The Hall–Kier alpha value is -13.0. The van der Waals surface area contributed by atoms with Crippen molar-refractivity contribution in [2.75, 3.05) is 9.80 Å². The van der Waals surface area contributed by atoms with Gasteiger partial charge in [0, 0.05) is 76.6 Å². The van der Waals surface area contributed by atoms with E-state index in [4.69, 9.17) is 11.6 Å². The van der Waals surface area contributed by atoms with E-state index in [1.165, 1.54) is 15.7 Å². The summed E-state index contributed by atoms with van der Waals surface area (Å²) in [7, 11) is 0. The number of aromatic nitrogens is 3. The Labute approximate surface area is 737 Å². The zero-order valence-corrected chi connectivity index (χ0v) is 72.1. The van der Waals surface area contributed by atoms with Crippen molar-refractivity contribution in [2.24, 2.45) is 0 Å². The van der Waals surface area contributed by atoms with E-state index in [2.05, 4.69) is 285 Å². The summed E-state index contributed by atoms with van der Waals surface area (Å²) in [5.74, 6) is 0. The third-order valence-electron chi connectivity index (χ3n) is 25.8. The molecular formula is C114H102BN5O2. The molecule has 7 nitrogen and oxygen atoms in total. The van der Waals surface area contributed by atoms with Crippen LogP contribution in [0.4, 0.5) is 34.1 Å². The molecule has 15 aromatic carbocycles. The Balaban J connectivity index is 0.917.